The van der Waals surface area contributed by atoms with Crippen LogP contribution < -0.4 is 5.73 Å². The molecule has 0 saturated carbocycles. The summed E-state index contributed by atoms with van der Waals surface area (Å²) < 4.78 is 0. The number of nitrogens with zero attached hydrogens (tertiary/aromatic N) is 1. The number of nitrogens with one attached hydrogen (secondary N) is 1. The molecule has 0 aliphatic rings. The van der Waals surface area contributed by atoms with Crippen LogP contribution in [0.1, 0.15) is 11.1 Å². The molecule has 0 spiro atoms. The quantitative estimate of drug-likeness (QED) is 0.589. The van der Waals surface area contributed by atoms with Crippen molar-refractivity contribution in [2.24, 2.45) is 5.73 Å². The van der Waals surface area contributed by atoms with Crippen molar-refractivity contribution in [3.63, 3.8) is 0 Å². The molecule has 2 rings (SSSR count). The molecule has 1 aromatic carbocycles. The summed E-state index contributed by atoms with van der Waals surface area (Å²) in [6.07, 6.45) is 4.45. The third-order valence-corrected chi connectivity index (χ3v) is 2.33. The lowest BCUT2D eigenvalue weighted by Gasteiger charge is -2.03. The average Bonchev–Trinajstić information content (AvgIpc) is 2.29. The smallest absolute Gasteiger partial charge is 0.124 e. The van der Waals surface area contributed by atoms with Gasteiger partial charge in [-0.05, 0) is 18.6 Å². The van der Waals surface area contributed by atoms with Gasteiger partial charge in [-0.2, -0.15) is 0 Å². The number of nitrogen functional groups attached to an aromatic ring is 1. The average molecular weight is 210 g/mol. The van der Waals surface area contributed by atoms with E-state index in [2.05, 4.69) is 17.2 Å². The predicted octanol–water partition coefficient (Wildman–Crippen LogP) is 2.14. The number of rotatable bonds is 2. The highest BCUT2D eigenvalue weighted by atomic mass is 14.7. The molecule has 0 aliphatic heterocycles. The van der Waals surface area contributed by atoms with E-state index in [0.29, 0.717) is 5.56 Å². The third-order valence-electron chi connectivity index (χ3n) is 2.33. The summed E-state index contributed by atoms with van der Waals surface area (Å²) in [7, 11) is 0. The van der Waals surface area contributed by atoms with Gasteiger partial charge in [-0.15, -0.1) is 0 Å². The van der Waals surface area contributed by atoms with Crippen LogP contribution in [0.2, 0.25) is 0 Å². The van der Waals surface area contributed by atoms with E-state index in [1.54, 1.807) is 6.20 Å². The SMILES string of the molecule is Cc1cccc(-c2[c]ncc(C(=N)N)c2)c1. The number of hydrogen-bond acceptors (Lipinski definition) is 2. The number of nitrogens with two attached hydrogens (primary N) is 1. The summed E-state index contributed by atoms with van der Waals surface area (Å²) in [4.78, 5) is 3.97. The fourth-order valence-corrected chi connectivity index (χ4v) is 1.50. The van der Waals surface area contributed by atoms with E-state index in [1.807, 2.05) is 31.2 Å². The van der Waals surface area contributed by atoms with E-state index < -0.39 is 0 Å². The maximum atomic E-state index is 7.36. The van der Waals surface area contributed by atoms with Crippen molar-refractivity contribution in [2.45, 2.75) is 6.92 Å². The van der Waals surface area contributed by atoms with Gasteiger partial charge in [0.15, 0.2) is 0 Å². The van der Waals surface area contributed by atoms with Gasteiger partial charge < -0.3 is 5.73 Å². The molecule has 0 unspecified atom stereocenters. The van der Waals surface area contributed by atoms with Crippen molar-refractivity contribution in [1.29, 1.82) is 5.41 Å². The minimum absolute atomic E-state index is 0.0235. The minimum Gasteiger partial charge on any atom is -0.384 e. The van der Waals surface area contributed by atoms with Crippen LogP contribution in [-0.2, 0) is 0 Å². The van der Waals surface area contributed by atoms with Gasteiger partial charge in [0, 0.05) is 17.3 Å². The Balaban J connectivity index is 2.48. The van der Waals surface area contributed by atoms with Gasteiger partial charge in [0.2, 0.25) is 0 Å². The van der Waals surface area contributed by atoms with Gasteiger partial charge in [0.05, 0.1) is 6.20 Å². The molecule has 79 valence electrons. The predicted molar refractivity (Wildman–Crippen MR) is 64.3 cm³/mol. The fourth-order valence-electron chi connectivity index (χ4n) is 1.50. The highest BCUT2D eigenvalue weighted by Crippen LogP contribution is 2.19. The lowest BCUT2D eigenvalue weighted by molar-refractivity contribution is 1.28. The van der Waals surface area contributed by atoms with Crippen LogP contribution in [0.5, 0.6) is 0 Å². The number of aryl methyl sites for hydroxylation is 1. The molecule has 0 amide bonds. The number of benzene rings is 1. The third kappa shape index (κ3) is 2.08. The summed E-state index contributed by atoms with van der Waals surface area (Å²) >= 11 is 0. The normalized spacial score (nSPS) is 10.1. The van der Waals surface area contributed by atoms with E-state index in [0.717, 1.165) is 11.1 Å². The van der Waals surface area contributed by atoms with Crippen molar-refractivity contribution < 1.29 is 0 Å². The van der Waals surface area contributed by atoms with Gasteiger partial charge >= 0.3 is 0 Å². The molecular formula is C13H12N3. The van der Waals surface area contributed by atoms with E-state index in [4.69, 9.17) is 11.1 Å². The van der Waals surface area contributed by atoms with Crippen LogP contribution in [0.15, 0.2) is 36.5 Å². The van der Waals surface area contributed by atoms with Crippen molar-refractivity contribution >= 4 is 5.84 Å². The Kier molecular flexibility index (Phi) is 2.68. The lowest BCUT2D eigenvalue weighted by atomic mass is 10.0. The number of hydrogen-bond donors (Lipinski definition) is 2. The summed E-state index contributed by atoms with van der Waals surface area (Å²) in [5, 5.41) is 7.36. The molecule has 1 aromatic heterocycles. The molecule has 1 heterocycles. The highest BCUT2D eigenvalue weighted by molar-refractivity contribution is 5.95. The Morgan fingerprint density at radius 1 is 1.38 bits per heavy atom. The number of amidine groups is 1. The second kappa shape index (κ2) is 4.14. The Morgan fingerprint density at radius 2 is 2.19 bits per heavy atom. The Hall–Kier alpha value is -2.16. The molecular weight excluding hydrogens is 198 g/mol. The van der Waals surface area contributed by atoms with E-state index in [1.165, 1.54) is 5.56 Å². The van der Waals surface area contributed by atoms with Crippen molar-refractivity contribution in [3.05, 3.63) is 53.9 Å². The van der Waals surface area contributed by atoms with Gasteiger partial charge in [-0.3, -0.25) is 10.4 Å². The van der Waals surface area contributed by atoms with Gasteiger partial charge in [0.25, 0.3) is 0 Å². The first-order valence-corrected chi connectivity index (χ1v) is 4.96. The molecule has 0 fully saturated rings. The summed E-state index contributed by atoms with van der Waals surface area (Å²) in [6, 6.07) is 9.89. The van der Waals surface area contributed by atoms with Crippen LogP contribution in [0, 0.1) is 18.5 Å². The molecule has 0 aliphatic carbocycles. The second-order valence-electron chi connectivity index (χ2n) is 3.67. The van der Waals surface area contributed by atoms with Crippen LogP contribution in [0.25, 0.3) is 11.1 Å². The minimum atomic E-state index is 0.0235. The lowest BCUT2D eigenvalue weighted by Crippen LogP contribution is -2.11. The summed E-state index contributed by atoms with van der Waals surface area (Å²) in [5.41, 5.74) is 9.12. The maximum absolute atomic E-state index is 7.36. The first kappa shape index (κ1) is 10.4. The van der Waals surface area contributed by atoms with Crippen molar-refractivity contribution in [3.8, 4) is 11.1 Å². The van der Waals surface area contributed by atoms with Crippen LogP contribution in [0.4, 0.5) is 0 Å². The first-order valence-electron chi connectivity index (χ1n) is 4.96. The van der Waals surface area contributed by atoms with Crippen LogP contribution in [-0.4, -0.2) is 10.8 Å². The van der Waals surface area contributed by atoms with Gasteiger partial charge in [-0.25, -0.2) is 0 Å². The fraction of sp³-hybridized carbons (Fsp3) is 0.0769. The van der Waals surface area contributed by atoms with Crippen LogP contribution >= 0.6 is 0 Å². The van der Waals surface area contributed by atoms with Gasteiger partial charge in [-0.1, -0.05) is 29.8 Å². The zero-order chi connectivity index (χ0) is 11.5. The molecule has 0 saturated heterocycles. The number of pyridine rings is 1. The largest absolute Gasteiger partial charge is 0.384 e. The molecule has 3 N–H and O–H groups in total. The standard InChI is InChI=1S/C13H12N3/c1-9-3-2-4-10(5-9)11-6-12(13(14)15)8-16-7-11/h2-6,8H,1H3,(H3,14,15). The molecule has 0 bridgehead atoms. The maximum Gasteiger partial charge on any atom is 0.124 e. The highest BCUT2D eigenvalue weighted by Gasteiger charge is 2.02. The van der Waals surface area contributed by atoms with Gasteiger partial charge in [0.1, 0.15) is 5.84 Å². The zero-order valence-electron chi connectivity index (χ0n) is 8.99. The monoisotopic (exact) mass is 210 g/mol. The van der Waals surface area contributed by atoms with E-state index in [-0.39, 0.29) is 5.84 Å². The molecule has 2 aromatic rings. The summed E-state index contributed by atoms with van der Waals surface area (Å²) in [6.45, 7) is 2.03. The molecule has 16 heavy (non-hydrogen) atoms. The molecule has 3 nitrogen and oxygen atoms in total. The Morgan fingerprint density at radius 3 is 2.88 bits per heavy atom. The molecule has 0 atom stereocenters. The second-order valence-corrected chi connectivity index (χ2v) is 3.67. The molecule has 1 radical (unpaired) electrons. The van der Waals surface area contributed by atoms with E-state index in [9.17, 15) is 0 Å². The zero-order valence-corrected chi connectivity index (χ0v) is 8.99. The topological polar surface area (TPSA) is 62.8 Å². The van der Waals surface area contributed by atoms with E-state index >= 15 is 0 Å². The van der Waals surface area contributed by atoms with Crippen LogP contribution in [0.3, 0.4) is 0 Å². The number of aromatic nitrogens is 1. The molecule has 3 heteroatoms. The Bertz CT molecular complexity index is 532. The first-order chi connectivity index (χ1) is 7.66. The van der Waals surface area contributed by atoms with Crippen molar-refractivity contribution in [2.75, 3.05) is 0 Å². The Labute approximate surface area is 94.5 Å². The summed E-state index contributed by atoms with van der Waals surface area (Å²) in [5.74, 6) is 0.0235. The van der Waals surface area contributed by atoms with Crippen molar-refractivity contribution in [1.82, 2.24) is 4.98 Å².